The summed E-state index contributed by atoms with van der Waals surface area (Å²) in [5, 5.41) is 1.14. The Bertz CT molecular complexity index is 1100. The average Bonchev–Trinajstić information content (AvgIpc) is 3.17. The second kappa shape index (κ2) is 7.38. The predicted molar refractivity (Wildman–Crippen MR) is 117 cm³/mol. The van der Waals surface area contributed by atoms with Crippen molar-refractivity contribution in [3.63, 3.8) is 0 Å². The van der Waals surface area contributed by atoms with E-state index in [9.17, 15) is 9.18 Å². The highest BCUT2D eigenvalue weighted by Crippen LogP contribution is 2.43. The van der Waals surface area contributed by atoms with Crippen LogP contribution in [0.15, 0.2) is 54.6 Å². The molecule has 0 radical (unpaired) electrons. The third-order valence-electron chi connectivity index (χ3n) is 6.63. The number of amides is 1. The van der Waals surface area contributed by atoms with Crippen molar-refractivity contribution in [2.45, 2.75) is 32.7 Å². The van der Waals surface area contributed by atoms with Crippen LogP contribution in [0.3, 0.4) is 0 Å². The number of nitrogens with zero attached hydrogens (tertiary/aromatic N) is 3. The first kappa shape index (κ1) is 19.0. The number of aryl methyl sites for hydroxylation is 1. The molecular weight excluding hydrogens is 377 g/mol. The number of hydrogen-bond acceptors (Lipinski definition) is 3. The SMILES string of the molecule is Cc1cc(N2CC[C@]3(CCCN(Cc4ccc(F)cc4)C3=O)C2)c2ccccc2n1. The molecule has 0 saturated carbocycles. The molecule has 2 saturated heterocycles. The monoisotopic (exact) mass is 403 g/mol. The Morgan fingerprint density at radius 3 is 2.70 bits per heavy atom. The van der Waals surface area contributed by atoms with Gasteiger partial charge in [-0.3, -0.25) is 9.78 Å². The lowest BCUT2D eigenvalue weighted by Gasteiger charge is -2.39. The Morgan fingerprint density at radius 1 is 1.07 bits per heavy atom. The minimum atomic E-state index is -0.323. The molecule has 1 atom stereocenters. The molecule has 1 aromatic heterocycles. The minimum absolute atomic E-state index is 0.244. The van der Waals surface area contributed by atoms with Crippen LogP contribution in [0, 0.1) is 18.2 Å². The van der Waals surface area contributed by atoms with Crippen molar-refractivity contribution in [2.75, 3.05) is 24.5 Å². The zero-order valence-electron chi connectivity index (χ0n) is 17.3. The van der Waals surface area contributed by atoms with Gasteiger partial charge in [-0.05, 0) is 56.0 Å². The van der Waals surface area contributed by atoms with Crippen LogP contribution in [-0.4, -0.2) is 35.4 Å². The first-order chi connectivity index (χ1) is 14.5. The number of carbonyl (C=O) groups excluding carboxylic acids is 1. The molecule has 5 rings (SSSR count). The Labute approximate surface area is 176 Å². The van der Waals surface area contributed by atoms with E-state index >= 15 is 0 Å². The van der Waals surface area contributed by atoms with E-state index in [1.54, 1.807) is 12.1 Å². The van der Waals surface area contributed by atoms with Gasteiger partial charge in [0.2, 0.25) is 5.91 Å². The summed E-state index contributed by atoms with van der Waals surface area (Å²) < 4.78 is 13.2. The number of fused-ring (bicyclic) bond motifs is 1. The minimum Gasteiger partial charge on any atom is -0.370 e. The number of pyridine rings is 1. The van der Waals surface area contributed by atoms with E-state index in [1.807, 2.05) is 30.0 Å². The van der Waals surface area contributed by atoms with Gasteiger partial charge < -0.3 is 9.80 Å². The summed E-state index contributed by atoms with van der Waals surface area (Å²) >= 11 is 0. The van der Waals surface area contributed by atoms with Gasteiger partial charge in [0, 0.05) is 42.9 Å². The van der Waals surface area contributed by atoms with E-state index in [1.165, 1.54) is 17.8 Å². The molecule has 30 heavy (non-hydrogen) atoms. The van der Waals surface area contributed by atoms with E-state index in [0.717, 1.165) is 61.1 Å². The summed E-state index contributed by atoms with van der Waals surface area (Å²) in [5.41, 5.74) is 3.83. The molecule has 5 heteroatoms. The quantitative estimate of drug-likeness (QED) is 0.636. The van der Waals surface area contributed by atoms with Crippen LogP contribution < -0.4 is 4.90 Å². The van der Waals surface area contributed by atoms with E-state index in [-0.39, 0.29) is 17.1 Å². The molecule has 2 aromatic carbocycles. The van der Waals surface area contributed by atoms with Gasteiger partial charge >= 0.3 is 0 Å². The lowest BCUT2D eigenvalue weighted by atomic mass is 9.78. The molecule has 0 bridgehead atoms. The van der Waals surface area contributed by atoms with Gasteiger partial charge in [0.1, 0.15) is 5.82 Å². The highest BCUT2D eigenvalue weighted by molar-refractivity contribution is 5.93. The smallest absolute Gasteiger partial charge is 0.230 e. The molecule has 0 unspecified atom stereocenters. The highest BCUT2D eigenvalue weighted by atomic mass is 19.1. The van der Waals surface area contributed by atoms with Crippen molar-refractivity contribution >= 4 is 22.5 Å². The number of piperidine rings is 1. The number of para-hydroxylation sites is 1. The standard InChI is InChI=1S/C25H26FN3O/c1-18-15-23(21-5-2-3-6-22(21)27-18)29-14-12-25(17-29)11-4-13-28(24(25)30)16-19-7-9-20(26)10-8-19/h2-3,5-10,15H,4,11-14,16-17H2,1H3/t25-/m1/s1. The molecule has 1 amide bonds. The van der Waals surface area contributed by atoms with Crippen molar-refractivity contribution < 1.29 is 9.18 Å². The van der Waals surface area contributed by atoms with E-state index in [4.69, 9.17) is 0 Å². The maximum Gasteiger partial charge on any atom is 0.230 e. The summed E-state index contributed by atoms with van der Waals surface area (Å²) in [5.74, 6) is 0.00200. The zero-order valence-corrected chi connectivity index (χ0v) is 17.3. The fraction of sp³-hybridized carbons (Fsp3) is 0.360. The fourth-order valence-corrected chi connectivity index (χ4v) is 5.12. The Morgan fingerprint density at radius 2 is 1.87 bits per heavy atom. The maximum absolute atomic E-state index is 13.5. The first-order valence-electron chi connectivity index (χ1n) is 10.7. The molecule has 154 valence electrons. The van der Waals surface area contributed by atoms with Gasteiger partial charge in [-0.25, -0.2) is 4.39 Å². The summed E-state index contributed by atoms with van der Waals surface area (Å²) in [7, 11) is 0. The third kappa shape index (κ3) is 3.32. The second-order valence-corrected chi connectivity index (χ2v) is 8.71. The average molecular weight is 404 g/mol. The van der Waals surface area contributed by atoms with Crippen LogP contribution >= 0.6 is 0 Å². The van der Waals surface area contributed by atoms with Gasteiger partial charge in [-0.15, -0.1) is 0 Å². The molecule has 2 aliphatic heterocycles. The van der Waals surface area contributed by atoms with Crippen molar-refractivity contribution in [3.05, 3.63) is 71.7 Å². The number of halogens is 1. The number of likely N-dealkylation sites (tertiary alicyclic amines) is 1. The lowest BCUT2D eigenvalue weighted by molar-refractivity contribution is -0.145. The largest absolute Gasteiger partial charge is 0.370 e. The number of rotatable bonds is 3. The van der Waals surface area contributed by atoms with Gasteiger partial charge in [0.05, 0.1) is 10.9 Å². The predicted octanol–water partition coefficient (Wildman–Crippen LogP) is 4.70. The molecule has 3 aromatic rings. The van der Waals surface area contributed by atoms with Crippen molar-refractivity contribution in [2.24, 2.45) is 5.41 Å². The Balaban J connectivity index is 1.40. The molecule has 4 nitrogen and oxygen atoms in total. The highest BCUT2D eigenvalue weighted by Gasteiger charge is 2.48. The number of hydrogen-bond donors (Lipinski definition) is 0. The van der Waals surface area contributed by atoms with Crippen LogP contribution in [0.1, 0.15) is 30.5 Å². The Hall–Kier alpha value is -2.95. The molecule has 3 heterocycles. The number of benzene rings is 2. The van der Waals surface area contributed by atoms with E-state index in [0.29, 0.717) is 6.54 Å². The van der Waals surface area contributed by atoms with Crippen molar-refractivity contribution in [3.8, 4) is 0 Å². The number of aromatic nitrogens is 1. The molecule has 2 fully saturated rings. The topological polar surface area (TPSA) is 36.4 Å². The number of carbonyl (C=O) groups is 1. The summed E-state index contributed by atoms with van der Waals surface area (Å²) in [4.78, 5) is 22.5. The van der Waals surface area contributed by atoms with Crippen molar-refractivity contribution in [1.29, 1.82) is 0 Å². The third-order valence-corrected chi connectivity index (χ3v) is 6.63. The first-order valence-corrected chi connectivity index (χ1v) is 10.7. The molecule has 0 aliphatic carbocycles. The van der Waals surface area contributed by atoms with Crippen molar-refractivity contribution in [1.82, 2.24) is 9.88 Å². The summed E-state index contributed by atoms with van der Waals surface area (Å²) in [6.07, 6.45) is 2.82. The second-order valence-electron chi connectivity index (χ2n) is 8.71. The molecular formula is C25H26FN3O. The van der Waals surface area contributed by atoms with Gasteiger partial charge in [0.15, 0.2) is 0 Å². The fourth-order valence-electron chi connectivity index (χ4n) is 5.12. The number of anilines is 1. The van der Waals surface area contributed by atoms with Gasteiger partial charge in [0.25, 0.3) is 0 Å². The Kier molecular flexibility index (Phi) is 4.69. The molecule has 0 N–H and O–H groups in total. The van der Waals surface area contributed by atoms with E-state index < -0.39 is 0 Å². The van der Waals surface area contributed by atoms with Crippen LogP contribution in [-0.2, 0) is 11.3 Å². The van der Waals surface area contributed by atoms with Crippen LogP contribution in [0.2, 0.25) is 0 Å². The normalized spacial score (nSPS) is 21.7. The van der Waals surface area contributed by atoms with Crippen LogP contribution in [0.5, 0.6) is 0 Å². The van der Waals surface area contributed by atoms with Crippen LogP contribution in [0.25, 0.3) is 10.9 Å². The van der Waals surface area contributed by atoms with Crippen LogP contribution in [0.4, 0.5) is 10.1 Å². The summed E-state index contributed by atoms with van der Waals surface area (Å²) in [6.45, 7) is 4.98. The lowest BCUT2D eigenvalue weighted by Crippen LogP contribution is -2.49. The zero-order chi connectivity index (χ0) is 20.7. The van der Waals surface area contributed by atoms with E-state index in [2.05, 4.69) is 22.0 Å². The maximum atomic E-state index is 13.5. The van der Waals surface area contributed by atoms with Gasteiger partial charge in [-0.2, -0.15) is 0 Å². The molecule has 2 aliphatic rings. The van der Waals surface area contributed by atoms with Gasteiger partial charge in [-0.1, -0.05) is 30.3 Å². The summed E-state index contributed by atoms with van der Waals surface area (Å²) in [6, 6.07) is 16.9. The molecule has 1 spiro atoms.